The summed E-state index contributed by atoms with van der Waals surface area (Å²) >= 11 is 0. The summed E-state index contributed by atoms with van der Waals surface area (Å²) in [4.78, 5) is 23.8. The Kier molecular flexibility index (Phi) is 7.79. The van der Waals surface area contributed by atoms with Crippen LogP contribution in [0.5, 0.6) is 0 Å². The van der Waals surface area contributed by atoms with Crippen LogP contribution in [0.2, 0.25) is 0 Å². The molecule has 10 heteroatoms. The molecule has 0 radical (unpaired) electrons. The Morgan fingerprint density at radius 1 is 0.951 bits per heavy atom. The highest BCUT2D eigenvalue weighted by Gasteiger charge is 2.24. The van der Waals surface area contributed by atoms with Crippen LogP contribution in [-0.2, 0) is 19.0 Å². The van der Waals surface area contributed by atoms with Crippen LogP contribution in [0.1, 0.15) is 32.8 Å². The number of carbonyl (C=O) groups is 1. The molecule has 0 fully saturated rings. The fourth-order valence-electron chi connectivity index (χ4n) is 4.43. The summed E-state index contributed by atoms with van der Waals surface area (Å²) in [5.41, 5.74) is 4.50. The minimum atomic E-state index is -3.90. The summed E-state index contributed by atoms with van der Waals surface area (Å²) < 4.78 is 38.0. The zero-order chi connectivity index (χ0) is 29.2. The van der Waals surface area contributed by atoms with Crippen molar-refractivity contribution in [2.24, 2.45) is 0 Å². The number of nitrogens with zero attached hydrogens (tertiary/aromatic N) is 4. The molecule has 5 rings (SSSR count). The van der Waals surface area contributed by atoms with Crippen molar-refractivity contribution in [2.75, 3.05) is 18.1 Å². The number of para-hydroxylation sites is 2. The van der Waals surface area contributed by atoms with Crippen LogP contribution in [0.15, 0.2) is 90.0 Å². The lowest BCUT2D eigenvalue weighted by atomic mass is 10.1. The smallest absolute Gasteiger partial charge is 0.414 e. The first-order valence-electron chi connectivity index (χ1n) is 13.3. The highest BCUT2D eigenvalue weighted by atomic mass is 32.2. The number of benzene rings is 3. The number of aryl methyl sites for hydroxylation is 1. The Balaban J connectivity index is 1.36. The number of hydrogen-bond donors (Lipinski definition) is 0. The first-order chi connectivity index (χ1) is 19.5. The maximum Gasteiger partial charge on any atom is 0.414 e. The third-order valence-corrected chi connectivity index (χ3v) is 7.70. The van der Waals surface area contributed by atoms with Gasteiger partial charge in [0.05, 0.1) is 28.2 Å². The zero-order valence-electron chi connectivity index (χ0n) is 23.4. The number of amides is 1. The molecule has 2 heterocycles. The highest BCUT2D eigenvalue weighted by molar-refractivity contribution is 7.86. The zero-order valence-corrected chi connectivity index (χ0v) is 24.3. The molecule has 0 aliphatic heterocycles. The molecule has 0 aliphatic rings. The Hall–Kier alpha value is -4.28. The van der Waals surface area contributed by atoms with Crippen LogP contribution < -0.4 is 4.90 Å². The van der Waals surface area contributed by atoms with Crippen LogP contribution in [0.3, 0.4) is 0 Å². The molecule has 5 aromatic rings. The SMILES string of the molecule is Cc1ccc(S(=O)(=O)OCCCN(C(=O)OC(C)(C)C)c2ccc(-c3ccnc4nc5ccccc5n34)cc2)cc1. The van der Waals surface area contributed by atoms with Gasteiger partial charge in [-0.15, -0.1) is 0 Å². The second kappa shape index (κ2) is 11.3. The van der Waals surface area contributed by atoms with E-state index in [0.717, 1.165) is 27.9 Å². The van der Waals surface area contributed by atoms with E-state index in [1.54, 1.807) is 39.1 Å². The average Bonchev–Trinajstić information content (AvgIpc) is 3.31. The normalized spacial score (nSPS) is 12.1. The third-order valence-electron chi connectivity index (χ3n) is 6.37. The molecule has 0 unspecified atom stereocenters. The van der Waals surface area contributed by atoms with Crippen molar-refractivity contribution in [1.29, 1.82) is 0 Å². The van der Waals surface area contributed by atoms with Gasteiger partial charge in [-0.25, -0.2) is 14.8 Å². The van der Waals surface area contributed by atoms with Crippen LogP contribution in [0, 0.1) is 6.92 Å². The number of hydrogen-bond acceptors (Lipinski definition) is 7. The molecule has 0 bridgehead atoms. The Morgan fingerprint density at radius 3 is 2.37 bits per heavy atom. The minimum absolute atomic E-state index is 0.0870. The topological polar surface area (TPSA) is 103 Å². The summed E-state index contributed by atoms with van der Waals surface area (Å²) in [5, 5.41) is 0. The van der Waals surface area contributed by atoms with Crippen molar-refractivity contribution in [2.45, 2.75) is 44.6 Å². The minimum Gasteiger partial charge on any atom is -0.443 e. The first kappa shape index (κ1) is 28.3. The van der Waals surface area contributed by atoms with E-state index in [9.17, 15) is 13.2 Å². The fraction of sp³-hybridized carbons (Fsp3) is 0.258. The van der Waals surface area contributed by atoms with E-state index in [0.29, 0.717) is 11.5 Å². The quantitative estimate of drug-likeness (QED) is 0.157. The van der Waals surface area contributed by atoms with Crippen LogP contribution in [0.4, 0.5) is 10.5 Å². The largest absolute Gasteiger partial charge is 0.443 e. The Morgan fingerprint density at radius 2 is 1.66 bits per heavy atom. The van der Waals surface area contributed by atoms with E-state index in [4.69, 9.17) is 8.92 Å². The van der Waals surface area contributed by atoms with E-state index >= 15 is 0 Å². The fourth-order valence-corrected chi connectivity index (χ4v) is 5.37. The predicted octanol–water partition coefficient (Wildman–Crippen LogP) is 6.40. The van der Waals surface area contributed by atoms with Gasteiger partial charge in [0.15, 0.2) is 0 Å². The molecule has 2 aromatic heterocycles. The maximum atomic E-state index is 13.2. The summed E-state index contributed by atoms with van der Waals surface area (Å²) in [6, 6.07) is 23.8. The Labute approximate surface area is 239 Å². The predicted molar refractivity (Wildman–Crippen MR) is 158 cm³/mol. The van der Waals surface area contributed by atoms with Gasteiger partial charge < -0.3 is 4.74 Å². The van der Waals surface area contributed by atoms with Gasteiger partial charge in [0.1, 0.15) is 5.60 Å². The molecule has 0 saturated carbocycles. The summed E-state index contributed by atoms with van der Waals surface area (Å²) in [6.07, 6.45) is 1.47. The molecule has 0 aliphatic carbocycles. The lowest BCUT2D eigenvalue weighted by Crippen LogP contribution is -2.38. The summed E-state index contributed by atoms with van der Waals surface area (Å²) in [7, 11) is -3.90. The second-order valence-electron chi connectivity index (χ2n) is 10.7. The molecule has 0 saturated heterocycles. The lowest BCUT2D eigenvalue weighted by molar-refractivity contribution is 0.0579. The second-order valence-corrected chi connectivity index (χ2v) is 12.3. The lowest BCUT2D eigenvalue weighted by Gasteiger charge is -2.27. The molecule has 212 valence electrons. The summed E-state index contributed by atoms with van der Waals surface area (Å²) in [6.45, 7) is 7.39. The molecule has 9 nitrogen and oxygen atoms in total. The molecular weight excluding hydrogens is 540 g/mol. The third kappa shape index (κ3) is 6.39. The highest BCUT2D eigenvalue weighted by Crippen LogP contribution is 2.28. The van der Waals surface area contributed by atoms with Gasteiger partial charge in [-0.05, 0) is 82.1 Å². The molecule has 3 aromatic carbocycles. The van der Waals surface area contributed by atoms with Gasteiger partial charge >= 0.3 is 6.09 Å². The van der Waals surface area contributed by atoms with E-state index in [-0.39, 0.29) is 24.5 Å². The van der Waals surface area contributed by atoms with Gasteiger partial charge in [-0.2, -0.15) is 8.42 Å². The van der Waals surface area contributed by atoms with Gasteiger partial charge in [-0.1, -0.05) is 42.0 Å². The summed E-state index contributed by atoms with van der Waals surface area (Å²) in [5.74, 6) is 0.601. The maximum absolute atomic E-state index is 13.2. The molecular formula is C31H32N4O5S. The number of rotatable bonds is 8. The van der Waals surface area contributed by atoms with Crippen molar-refractivity contribution in [3.63, 3.8) is 0 Å². The number of ether oxygens (including phenoxy) is 1. The van der Waals surface area contributed by atoms with E-state index in [1.165, 1.54) is 17.0 Å². The van der Waals surface area contributed by atoms with Crippen molar-refractivity contribution in [3.8, 4) is 11.3 Å². The number of anilines is 1. The average molecular weight is 573 g/mol. The van der Waals surface area contributed by atoms with Crippen molar-refractivity contribution >= 4 is 38.7 Å². The van der Waals surface area contributed by atoms with Crippen LogP contribution in [0.25, 0.3) is 28.1 Å². The van der Waals surface area contributed by atoms with E-state index < -0.39 is 21.8 Å². The molecule has 0 spiro atoms. The van der Waals surface area contributed by atoms with Crippen molar-refractivity contribution in [3.05, 3.63) is 90.6 Å². The molecule has 0 N–H and O–H groups in total. The van der Waals surface area contributed by atoms with Crippen LogP contribution >= 0.6 is 0 Å². The van der Waals surface area contributed by atoms with Crippen molar-refractivity contribution < 1.29 is 22.1 Å². The van der Waals surface area contributed by atoms with Gasteiger partial charge in [0, 0.05) is 18.4 Å². The number of aromatic nitrogens is 3. The molecule has 1 amide bonds. The van der Waals surface area contributed by atoms with Crippen molar-refractivity contribution in [1.82, 2.24) is 14.4 Å². The molecule has 41 heavy (non-hydrogen) atoms. The van der Waals surface area contributed by atoms with E-state index in [2.05, 4.69) is 9.97 Å². The monoisotopic (exact) mass is 572 g/mol. The number of imidazole rings is 1. The Bertz CT molecular complexity index is 1790. The number of fused-ring (bicyclic) bond motifs is 3. The molecule has 0 atom stereocenters. The van der Waals surface area contributed by atoms with Gasteiger partial charge in [0.2, 0.25) is 5.78 Å². The van der Waals surface area contributed by atoms with Gasteiger partial charge in [-0.3, -0.25) is 13.5 Å². The standard InChI is InChI=1S/C31H32N4O5S/c1-22-10-16-25(17-11-22)41(37,38)39-21-7-20-34(30(36)40-31(2,3)4)24-14-12-23(13-15-24)27-18-19-32-29-33-26-8-5-6-9-28(26)35(27)29/h5-6,8-19H,7,20-21H2,1-4H3. The van der Waals surface area contributed by atoms with Gasteiger partial charge in [0.25, 0.3) is 10.1 Å². The first-order valence-corrected chi connectivity index (χ1v) is 14.7. The number of carbonyl (C=O) groups excluding carboxylic acids is 1. The van der Waals surface area contributed by atoms with E-state index in [1.807, 2.05) is 65.9 Å². The van der Waals surface area contributed by atoms with Crippen LogP contribution in [-0.4, -0.2) is 47.6 Å².